The number of hydrogen-bond acceptors (Lipinski definition) is 7. The van der Waals surface area contributed by atoms with Crippen molar-refractivity contribution in [3.05, 3.63) is 85.5 Å². The van der Waals surface area contributed by atoms with E-state index in [0.29, 0.717) is 10.7 Å². The van der Waals surface area contributed by atoms with Crippen molar-refractivity contribution in [1.82, 2.24) is 4.98 Å². The Kier molecular flexibility index (Phi) is 8.69. The maximum absolute atomic E-state index is 12.7. The van der Waals surface area contributed by atoms with Crippen LogP contribution in [0, 0.1) is 7.14 Å². The van der Waals surface area contributed by atoms with Crippen molar-refractivity contribution in [3.63, 3.8) is 0 Å². The number of halogens is 4. The minimum Gasteiger partial charge on any atom is -0.741 e. The van der Waals surface area contributed by atoms with E-state index in [2.05, 4.69) is 28.5 Å². The zero-order valence-corrected chi connectivity index (χ0v) is 21.5. The highest BCUT2D eigenvalue weighted by atomic mass is 127. The molecule has 7 nitrogen and oxygen atoms in total. The fraction of sp³-hybridized carbons (Fsp3) is 0.0909. The van der Waals surface area contributed by atoms with Crippen LogP contribution >= 0.6 is 11.3 Å². The van der Waals surface area contributed by atoms with E-state index in [1.165, 1.54) is 18.5 Å². The number of thiazole rings is 1. The van der Waals surface area contributed by atoms with Crippen LogP contribution in [0.3, 0.4) is 0 Å². The van der Waals surface area contributed by atoms with Crippen LogP contribution in [0.15, 0.2) is 72.8 Å². The van der Waals surface area contributed by atoms with Crippen molar-refractivity contribution in [2.24, 2.45) is 0 Å². The molecular weight excluding hydrogens is 620 g/mol. The van der Waals surface area contributed by atoms with Gasteiger partial charge in [-0.05, 0) is 42.5 Å². The molecule has 0 unspecified atom stereocenters. The molecule has 0 saturated heterocycles. The van der Waals surface area contributed by atoms with E-state index in [1.54, 1.807) is 7.11 Å². The third-order valence-corrected chi connectivity index (χ3v) is 8.27. The van der Waals surface area contributed by atoms with Crippen LogP contribution in [0.4, 0.5) is 18.3 Å². The van der Waals surface area contributed by atoms with Gasteiger partial charge in [0.1, 0.15) is 5.75 Å². The van der Waals surface area contributed by atoms with Gasteiger partial charge in [-0.1, -0.05) is 35.6 Å². The lowest BCUT2D eigenvalue weighted by atomic mass is 10.2. The maximum Gasteiger partial charge on any atom is 0.485 e. The van der Waals surface area contributed by atoms with Crippen molar-refractivity contribution >= 4 is 42.7 Å². The fourth-order valence-electron chi connectivity index (χ4n) is 2.55. The van der Waals surface area contributed by atoms with E-state index in [1.807, 2.05) is 54.6 Å². The second kappa shape index (κ2) is 11.3. The molecule has 35 heavy (non-hydrogen) atoms. The number of anilines is 1. The molecule has 0 atom stereocenters. The zero-order valence-electron chi connectivity index (χ0n) is 17.7. The summed E-state index contributed by atoms with van der Waals surface area (Å²) in [5.41, 5.74) is -4.15. The number of carbonyl (C=O) groups is 1. The summed E-state index contributed by atoms with van der Waals surface area (Å²) in [5, 5.41) is 3.51. The molecule has 0 aliphatic carbocycles. The van der Waals surface area contributed by atoms with Crippen molar-refractivity contribution in [2.75, 3.05) is 12.4 Å². The van der Waals surface area contributed by atoms with E-state index < -0.39 is 15.6 Å². The molecule has 1 heterocycles. The van der Waals surface area contributed by atoms with Crippen LogP contribution in [0.5, 0.6) is 5.75 Å². The molecule has 13 heteroatoms. The van der Waals surface area contributed by atoms with Gasteiger partial charge < -0.3 is 9.29 Å². The molecule has 184 valence electrons. The molecule has 0 spiro atoms. The van der Waals surface area contributed by atoms with Crippen LogP contribution in [0.25, 0.3) is 10.2 Å². The van der Waals surface area contributed by atoms with Crippen LogP contribution in [-0.2, 0) is 10.1 Å². The number of benzene rings is 3. The van der Waals surface area contributed by atoms with Gasteiger partial charge in [0.05, 0.1) is 17.3 Å². The van der Waals surface area contributed by atoms with Gasteiger partial charge in [0, 0.05) is 11.6 Å². The van der Waals surface area contributed by atoms with Gasteiger partial charge in [-0.2, -0.15) is 13.2 Å². The molecule has 4 aromatic rings. The largest absolute Gasteiger partial charge is 0.741 e. The molecule has 0 aliphatic heterocycles. The summed E-state index contributed by atoms with van der Waals surface area (Å²) < 4.78 is 67.7. The number of nitrogens with one attached hydrogen (secondary N) is 1. The standard InChI is InChI=1S/C21H15IN2O2S.CHF3O3S/c1-26-17-10-11-18-19(13-17)27-21(23-18)24-20(25)14-6-5-9-16(12-14)22-15-7-3-2-4-8-15;2-1(3,4)8(5,6)7/h2-13H,1H3;(H,5,6,7). The Morgan fingerprint density at radius 1 is 1.03 bits per heavy atom. The molecule has 3 aromatic carbocycles. The van der Waals surface area contributed by atoms with Gasteiger partial charge in [-0.15, -0.1) is 0 Å². The Labute approximate surface area is 213 Å². The number of rotatable bonds is 5. The van der Waals surface area contributed by atoms with Crippen LogP contribution in [0.1, 0.15) is 10.4 Å². The third kappa shape index (κ3) is 7.62. The van der Waals surface area contributed by atoms with E-state index in [0.717, 1.165) is 16.0 Å². The number of aromatic nitrogens is 1. The predicted molar refractivity (Wildman–Crippen MR) is 120 cm³/mol. The summed E-state index contributed by atoms with van der Waals surface area (Å²) in [6, 6.07) is 23.9. The summed E-state index contributed by atoms with van der Waals surface area (Å²) in [5.74, 6) is 0.640. The second-order valence-corrected chi connectivity index (χ2v) is 12.0. The lowest BCUT2D eigenvalue weighted by Crippen LogP contribution is -3.61. The molecule has 0 bridgehead atoms. The number of hydrogen-bond donors (Lipinski definition) is 1. The lowest BCUT2D eigenvalue weighted by molar-refractivity contribution is -0.597. The Hall–Kier alpha value is -2.75. The number of nitrogens with zero attached hydrogens (tertiary/aromatic N) is 1. The van der Waals surface area contributed by atoms with Crippen LogP contribution in [0.2, 0.25) is 0 Å². The minimum atomic E-state index is -6.09. The van der Waals surface area contributed by atoms with Gasteiger partial charge in [-0.3, -0.25) is 10.1 Å². The number of ether oxygens (including phenoxy) is 1. The first-order valence-electron chi connectivity index (χ1n) is 9.54. The van der Waals surface area contributed by atoms with Crippen LogP contribution in [-0.4, -0.2) is 36.5 Å². The average molecular weight is 636 g/mol. The summed E-state index contributed by atoms with van der Waals surface area (Å²) in [4.78, 5) is 17.1. The summed E-state index contributed by atoms with van der Waals surface area (Å²) in [7, 11) is -4.46. The molecule has 1 amide bonds. The Morgan fingerprint density at radius 2 is 1.69 bits per heavy atom. The summed E-state index contributed by atoms with van der Waals surface area (Å²) in [6.07, 6.45) is 0. The average Bonchev–Trinajstić information content (AvgIpc) is 3.20. The molecule has 0 saturated carbocycles. The number of methoxy groups -OCH3 is 1. The smallest absolute Gasteiger partial charge is 0.485 e. The SMILES string of the molecule is COc1ccc2nc(NC(=O)c3cccc([I+]c4ccccc4)c3)sc2c1.O=S(=O)([O-])C(F)(F)F. The lowest BCUT2D eigenvalue weighted by Gasteiger charge is -2.08. The minimum absolute atomic E-state index is 0.139. The molecule has 4 rings (SSSR count). The van der Waals surface area contributed by atoms with Gasteiger partial charge in [0.2, 0.25) is 0 Å². The number of fused-ring (bicyclic) bond motifs is 1. The highest BCUT2D eigenvalue weighted by molar-refractivity contribution is 7.86. The highest BCUT2D eigenvalue weighted by Crippen LogP contribution is 2.29. The Morgan fingerprint density at radius 3 is 2.31 bits per heavy atom. The van der Waals surface area contributed by atoms with Crippen molar-refractivity contribution in [3.8, 4) is 5.75 Å². The first-order chi connectivity index (χ1) is 16.5. The first kappa shape index (κ1) is 26.8. The molecule has 0 radical (unpaired) electrons. The van der Waals surface area contributed by atoms with E-state index in [4.69, 9.17) is 17.7 Å². The monoisotopic (exact) mass is 636 g/mol. The quantitative estimate of drug-likeness (QED) is 0.203. The molecule has 0 aliphatic rings. The number of carbonyl (C=O) groups excluding carboxylic acids is 1. The number of alkyl halides is 3. The molecule has 1 aromatic heterocycles. The molecule has 0 fully saturated rings. The molecule has 1 N–H and O–H groups in total. The topological polar surface area (TPSA) is 108 Å². The van der Waals surface area contributed by atoms with Gasteiger partial charge >= 0.3 is 26.7 Å². The van der Waals surface area contributed by atoms with Gasteiger partial charge in [0.15, 0.2) is 22.4 Å². The number of amides is 1. The Bertz CT molecular complexity index is 1430. The van der Waals surface area contributed by atoms with E-state index in [9.17, 15) is 18.0 Å². The van der Waals surface area contributed by atoms with Crippen molar-refractivity contribution in [2.45, 2.75) is 5.51 Å². The van der Waals surface area contributed by atoms with Gasteiger partial charge in [-0.25, -0.2) is 13.4 Å². The molecular formula is C22H16F3IN2O5S2. The van der Waals surface area contributed by atoms with Crippen molar-refractivity contribution in [1.29, 1.82) is 0 Å². The Balaban J connectivity index is 0.000000371. The summed E-state index contributed by atoms with van der Waals surface area (Å²) in [6.45, 7) is 0. The van der Waals surface area contributed by atoms with Crippen LogP contribution < -0.4 is 31.3 Å². The predicted octanol–water partition coefficient (Wildman–Crippen LogP) is 1.74. The first-order valence-corrected chi connectivity index (χ1v) is 13.9. The fourth-order valence-corrected chi connectivity index (χ4v) is 5.81. The zero-order chi connectivity index (χ0) is 25.6. The normalized spacial score (nSPS) is 11.5. The highest BCUT2D eigenvalue weighted by Gasteiger charge is 2.36. The van der Waals surface area contributed by atoms with E-state index >= 15 is 0 Å². The third-order valence-electron chi connectivity index (χ3n) is 4.14. The van der Waals surface area contributed by atoms with E-state index in [-0.39, 0.29) is 27.1 Å². The maximum atomic E-state index is 12.7. The summed E-state index contributed by atoms with van der Waals surface area (Å²) >= 11 is 1.14. The second-order valence-electron chi connectivity index (χ2n) is 6.61. The van der Waals surface area contributed by atoms with Gasteiger partial charge in [0.25, 0.3) is 5.91 Å². The van der Waals surface area contributed by atoms with Crippen molar-refractivity contribution < 1.29 is 56.9 Å².